The Morgan fingerprint density at radius 3 is 3.11 bits per heavy atom. The van der Waals surface area contributed by atoms with Crippen LogP contribution >= 0.6 is 0 Å². The maximum Gasteiger partial charge on any atom is 0.223 e. The number of carbonyl (C=O) groups is 1. The Morgan fingerprint density at radius 2 is 2.44 bits per heavy atom. The molecule has 1 fully saturated rings. The summed E-state index contributed by atoms with van der Waals surface area (Å²) < 4.78 is 1.97. The minimum absolute atomic E-state index is 0.111. The van der Waals surface area contributed by atoms with E-state index >= 15 is 0 Å². The Bertz CT molecular complexity index is 376. The summed E-state index contributed by atoms with van der Waals surface area (Å²) >= 11 is 0. The quantitative estimate of drug-likeness (QED) is 0.810. The molecule has 0 saturated heterocycles. The number of amides is 1. The number of hydrogen-bond donors (Lipinski definition) is 2. The molecule has 2 rings (SSSR count). The molecule has 100 valence electrons. The van der Waals surface area contributed by atoms with Crippen LogP contribution < -0.4 is 11.1 Å². The molecule has 0 radical (unpaired) electrons. The van der Waals surface area contributed by atoms with Gasteiger partial charge in [-0.15, -0.1) is 0 Å². The smallest absolute Gasteiger partial charge is 0.223 e. The van der Waals surface area contributed by atoms with E-state index in [1.165, 1.54) is 0 Å². The highest BCUT2D eigenvalue weighted by atomic mass is 16.2. The van der Waals surface area contributed by atoms with Gasteiger partial charge in [-0.1, -0.05) is 6.42 Å². The third kappa shape index (κ3) is 3.10. The highest BCUT2D eigenvalue weighted by Crippen LogP contribution is 2.30. The van der Waals surface area contributed by atoms with E-state index in [1.54, 1.807) is 12.5 Å². The lowest BCUT2D eigenvalue weighted by Crippen LogP contribution is -2.41. The highest BCUT2D eigenvalue weighted by molar-refractivity contribution is 5.79. The van der Waals surface area contributed by atoms with Gasteiger partial charge in [-0.25, -0.2) is 4.98 Å². The van der Waals surface area contributed by atoms with E-state index in [0.717, 1.165) is 25.8 Å². The average Bonchev–Trinajstić information content (AvgIpc) is 2.97. The van der Waals surface area contributed by atoms with E-state index in [4.69, 9.17) is 5.73 Å². The Morgan fingerprint density at radius 1 is 1.61 bits per heavy atom. The van der Waals surface area contributed by atoms with Crippen molar-refractivity contribution in [1.29, 1.82) is 0 Å². The van der Waals surface area contributed by atoms with Crippen molar-refractivity contribution in [3.63, 3.8) is 0 Å². The van der Waals surface area contributed by atoms with Gasteiger partial charge in [0.1, 0.15) is 0 Å². The van der Waals surface area contributed by atoms with Crippen molar-refractivity contribution in [3.05, 3.63) is 18.7 Å². The summed E-state index contributed by atoms with van der Waals surface area (Å²) in [6, 6.07) is 0.116. The second-order valence-electron chi connectivity index (χ2n) is 5.20. The van der Waals surface area contributed by atoms with Gasteiger partial charge in [0, 0.05) is 30.9 Å². The Kier molecular flexibility index (Phi) is 4.36. The van der Waals surface area contributed by atoms with Crippen molar-refractivity contribution in [1.82, 2.24) is 14.9 Å². The first-order valence-corrected chi connectivity index (χ1v) is 6.67. The number of nitrogens with zero attached hydrogens (tertiary/aromatic N) is 2. The Labute approximate surface area is 108 Å². The zero-order valence-corrected chi connectivity index (χ0v) is 10.9. The minimum atomic E-state index is 0.111. The van der Waals surface area contributed by atoms with Gasteiger partial charge in [0.15, 0.2) is 0 Å². The molecule has 1 aromatic heterocycles. The Hall–Kier alpha value is -1.36. The van der Waals surface area contributed by atoms with Crippen LogP contribution in [0.4, 0.5) is 0 Å². The van der Waals surface area contributed by atoms with Crippen molar-refractivity contribution >= 4 is 5.91 Å². The van der Waals surface area contributed by atoms with Crippen molar-refractivity contribution < 1.29 is 4.79 Å². The fourth-order valence-electron chi connectivity index (χ4n) is 2.77. The predicted molar refractivity (Wildman–Crippen MR) is 69.7 cm³/mol. The maximum absolute atomic E-state index is 12.2. The second kappa shape index (κ2) is 6.00. The number of nitrogens with one attached hydrogen (secondary N) is 1. The Balaban J connectivity index is 1.83. The van der Waals surface area contributed by atoms with E-state index in [-0.39, 0.29) is 17.9 Å². The first-order chi connectivity index (χ1) is 8.70. The van der Waals surface area contributed by atoms with Crippen LogP contribution in [0.5, 0.6) is 0 Å². The second-order valence-corrected chi connectivity index (χ2v) is 5.20. The van der Waals surface area contributed by atoms with Gasteiger partial charge in [0.05, 0.1) is 6.33 Å². The van der Waals surface area contributed by atoms with Crippen LogP contribution in [0, 0.1) is 11.8 Å². The van der Waals surface area contributed by atoms with Gasteiger partial charge in [0.2, 0.25) is 5.91 Å². The van der Waals surface area contributed by atoms with Gasteiger partial charge in [-0.05, 0) is 32.2 Å². The van der Waals surface area contributed by atoms with Crippen molar-refractivity contribution in [2.45, 2.75) is 38.8 Å². The summed E-state index contributed by atoms with van der Waals surface area (Å²) in [6.45, 7) is 3.39. The molecule has 3 N–H and O–H groups in total. The normalized spacial score (nSPS) is 25.0. The number of rotatable bonds is 5. The van der Waals surface area contributed by atoms with Crippen LogP contribution in [0.25, 0.3) is 0 Å². The first-order valence-electron chi connectivity index (χ1n) is 6.67. The van der Waals surface area contributed by atoms with Crippen LogP contribution in [0.3, 0.4) is 0 Å². The first kappa shape index (κ1) is 13.1. The molecule has 1 amide bonds. The summed E-state index contributed by atoms with van der Waals surface area (Å²) in [5, 5.41) is 3.08. The van der Waals surface area contributed by atoms with E-state index in [2.05, 4.69) is 10.3 Å². The molecule has 1 aromatic rings. The predicted octanol–water partition coefficient (Wildman–Crippen LogP) is 0.763. The number of nitrogens with two attached hydrogens (primary N) is 1. The van der Waals surface area contributed by atoms with Crippen LogP contribution in [0.1, 0.15) is 26.2 Å². The molecule has 5 heteroatoms. The van der Waals surface area contributed by atoms with Crippen LogP contribution in [0.2, 0.25) is 0 Å². The molecule has 1 heterocycles. The number of carbonyl (C=O) groups excluding carboxylic acids is 1. The third-order valence-corrected chi connectivity index (χ3v) is 3.73. The maximum atomic E-state index is 12.2. The molecular weight excluding hydrogens is 228 g/mol. The number of hydrogen-bond acceptors (Lipinski definition) is 3. The van der Waals surface area contributed by atoms with Crippen molar-refractivity contribution in [2.24, 2.45) is 17.6 Å². The fourth-order valence-corrected chi connectivity index (χ4v) is 2.77. The standard InChI is InChI=1S/C13H22N4O/c1-10(8-17-6-5-15-9-17)16-13(18)12-4-2-3-11(12)7-14/h5-6,9-12H,2-4,7-8,14H2,1H3,(H,16,18)/t10?,11-,12-/m1/s1. The molecule has 1 saturated carbocycles. The molecule has 0 bridgehead atoms. The molecular formula is C13H22N4O. The van der Waals surface area contributed by atoms with Gasteiger partial charge in [-0.3, -0.25) is 4.79 Å². The van der Waals surface area contributed by atoms with Crippen LogP contribution in [-0.4, -0.2) is 28.0 Å². The van der Waals surface area contributed by atoms with Gasteiger partial charge < -0.3 is 15.6 Å². The summed E-state index contributed by atoms with van der Waals surface area (Å²) in [6.07, 6.45) is 8.60. The van der Waals surface area contributed by atoms with Crippen molar-refractivity contribution in [3.8, 4) is 0 Å². The lowest BCUT2D eigenvalue weighted by molar-refractivity contribution is -0.126. The fraction of sp³-hybridized carbons (Fsp3) is 0.692. The molecule has 0 aliphatic heterocycles. The number of aromatic nitrogens is 2. The largest absolute Gasteiger partial charge is 0.352 e. The monoisotopic (exact) mass is 250 g/mol. The van der Waals surface area contributed by atoms with Crippen molar-refractivity contribution in [2.75, 3.05) is 6.54 Å². The molecule has 0 aromatic carbocycles. The zero-order chi connectivity index (χ0) is 13.0. The molecule has 1 aliphatic rings. The van der Waals surface area contributed by atoms with E-state index < -0.39 is 0 Å². The third-order valence-electron chi connectivity index (χ3n) is 3.73. The summed E-state index contributed by atoms with van der Waals surface area (Å²) in [5.41, 5.74) is 5.71. The SMILES string of the molecule is CC(Cn1ccnc1)NC(=O)[C@@H]1CCC[C@@H]1CN. The van der Waals surface area contributed by atoms with E-state index in [1.807, 2.05) is 17.7 Å². The lowest BCUT2D eigenvalue weighted by Gasteiger charge is -2.21. The van der Waals surface area contributed by atoms with Crippen LogP contribution in [-0.2, 0) is 11.3 Å². The summed E-state index contributed by atoms with van der Waals surface area (Å²) in [5.74, 6) is 0.640. The van der Waals surface area contributed by atoms with Gasteiger partial charge in [-0.2, -0.15) is 0 Å². The van der Waals surface area contributed by atoms with Crippen LogP contribution in [0.15, 0.2) is 18.7 Å². The van der Waals surface area contributed by atoms with E-state index in [9.17, 15) is 4.79 Å². The van der Waals surface area contributed by atoms with Gasteiger partial charge >= 0.3 is 0 Å². The van der Waals surface area contributed by atoms with E-state index in [0.29, 0.717) is 12.5 Å². The molecule has 5 nitrogen and oxygen atoms in total. The summed E-state index contributed by atoms with van der Waals surface area (Å²) in [4.78, 5) is 16.2. The lowest BCUT2D eigenvalue weighted by atomic mass is 9.95. The topological polar surface area (TPSA) is 72.9 Å². The molecule has 3 atom stereocenters. The molecule has 0 spiro atoms. The minimum Gasteiger partial charge on any atom is -0.352 e. The molecule has 1 unspecified atom stereocenters. The molecule has 1 aliphatic carbocycles. The summed E-state index contributed by atoms with van der Waals surface area (Å²) in [7, 11) is 0. The average molecular weight is 250 g/mol. The molecule has 18 heavy (non-hydrogen) atoms. The zero-order valence-electron chi connectivity index (χ0n) is 10.9. The number of imidazole rings is 1. The van der Waals surface area contributed by atoms with Gasteiger partial charge in [0.25, 0.3) is 0 Å². The highest BCUT2D eigenvalue weighted by Gasteiger charge is 2.32.